The summed E-state index contributed by atoms with van der Waals surface area (Å²) in [5, 5.41) is 2.91. The Labute approximate surface area is 101 Å². The molecule has 0 heterocycles. The molecule has 0 saturated heterocycles. The van der Waals surface area contributed by atoms with Crippen molar-refractivity contribution < 1.29 is 9.59 Å². The number of amides is 1. The second-order valence-electron chi connectivity index (χ2n) is 5.88. The van der Waals surface area contributed by atoms with Crippen molar-refractivity contribution >= 4 is 22.8 Å². The van der Waals surface area contributed by atoms with Crippen LogP contribution in [0.5, 0.6) is 0 Å². The van der Waals surface area contributed by atoms with Gasteiger partial charge in [0.25, 0.3) is 0 Å². The third-order valence-corrected chi connectivity index (χ3v) is 5.09. The van der Waals surface area contributed by atoms with Crippen LogP contribution in [0.15, 0.2) is 0 Å². The number of hydrogen-bond donors (Lipinski definition) is 1. The molecule has 0 aromatic carbocycles. The van der Waals surface area contributed by atoms with Gasteiger partial charge in [-0.1, -0.05) is 18.7 Å². The summed E-state index contributed by atoms with van der Waals surface area (Å²) in [5.74, 6) is -0.121. The summed E-state index contributed by atoms with van der Waals surface area (Å²) in [6, 6.07) is 0. The first-order valence-electron chi connectivity index (χ1n) is 5.64. The summed E-state index contributed by atoms with van der Waals surface area (Å²) in [4.78, 5) is 23.2. The molecule has 2 aliphatic carbocycles. The molecule has 0 aromatic rings. The first kappa shape index (κ1) is 12.0. The average Bonchev–Trinajstić information content (AvgIpc) is 2.85. The smallest absolute Gasteiger partial charge is 0.217 e. The van der Waals surface area contributed by atoms with E-state index in [1.807, 2.05) is 6.92 Å². The van der Waals surface area contributed by atoms with Crippen LogP contribution in [0.25, 0.3) is 0 Å². The summed E-state index contributed by atoms with van der Waals surface area (Å²) < 4.78 is 0. The Bertz CT molecular complexity index is 360. The first-order chi connectivity index (χ1) is 7.27. The molecule has 0 aromatic heterocycles. The molecule has 0 aliphatic heterocycles. The normalized spacial score (nSPS) is 38.2. The zero-order valence-corrected chi connectivity index (χ0v) is 11.2. The largest absolute Gasteiger partial charge is 0.343 e. The van der Waals surface area contributed by atoms with Crippen LogP contribution in [-0.4, -0.2) is 22.8 Å². The quantitative estimate of drug-likeness (QED) is 0.818. The van der Waals surface area contributed by atoms with Crippen LogP contribution in [0.1, 0.15) is 40.0 Å². The Morgan fingerprint density at radius 3 is 2.25 bits per heavy atom. The van der Waals surface area contributed by atoms with E-state index < -0.39 is 5.54 Å². The molecule has 2 fully saturated rings. The average molecular weight is 241 g/mol. The van der Waals surface area contributed by atoms with Crippen LogP contribution >= 0.6 is 11.8 Å². The number of thioether (sulfide) groups is 1. The van der Waals surface area contributed by atoms with Gasteiger partial charge in [0.2, 0.25) is 11.0 Å². The van der Waals surface area contributed by atoms with Gasteiger partial charge in [0.1, 0.15) is 5.54 Å². The van der Waals surface area contributed by atoms with Gasteiger partial charge in [0, 0.05) is 6.92 Å². The minimum absolute atomic E-state index is 0.0678. The van der Waals surface area contributed by atoms with E-state index in [0.29, 0.717) is 10.8 Å². The lowest BCUT2D eigenvalue weighted by molar-refractivity contribution is -0.126. The van der Waals surface area contributed by atoms with Crippen molar-refractivity contribution in [2.24, 2.45) is 10.8 Å². The van der Waals surface area contributed by atoms with E-state index in [4.69, 9.17) is 0 Å². The van der Waals surface area contributed by atoms with Gasteiger partial charge in [0.05, 0.1) is 0 Å². The molecule has 4 heteroatoms. The van der Waals surface area contributed by atoms with Crippen LogP contribution in [0.4, 0.5) is 0 Å². The number of rotatable bonds is 4. The molecule has 2 saturated carbocycles. The Morgan fingerprint density at radius 2 is 1.94 bits per heavy atom. The van der Waals surface area contributed by atoms with Crippen molar-refractivity contribution in [1.82, 2.24) is 5.32 Å². The van der Waals surface area contributed by atoms with Crippen molar-refractivity contribution in [1.29, 1.82) is 0 Å². The maximum atomic E-state index is 11.9. The lowest BCUT2D eigenvalue weighted by atomic mass is 9.92. The Morgan fingerprint density at radius 1 is 1.44 bits per heavy atom. The minimum atomic E-state index is -0.681. The predicted molar refractivity (Wildman–Crippen MR) is 65.1 cm³/mol. The number of hydrogen-bond acceptors (Lipinski definition) is 3. The number of carbonyl (C=O) groups excluding carboxylic acids is 2. The maximum Gasteiger partial charge on any atom is 0.217 e. The zero-order chi connectivity index (χ0) is 12.2. The van der Waals surface area contributed by atoms with Crippen LogP contribution in [-0.2, 0) is 9.59 Å². The van der Waals surface area contributed by atoms with E-state index in [1.165, 1.54) is 31.5 Å². The van der Waals surface area contributed by atoms with Crippen molar-refractivity contribution in [3.63, 3.8) is 0 Å². The molecule has 90 valence electrons. The van der Waals surface area contributed by atoms with Crippen molar-refractivity contribution in [2.75, 3.05) is 6.26 Å². The Kier molecular flexibility index (Phi) is 2.43. The summed E-state index contributed by atoms with van der Waals surface area (Å²) in [5.41, 5.74) is 0.153. The molecule has 0 spiro atoms. The van der Waals surface area contributed by atoms with Crippen LogP contribution < -0.4 is 5.32 Å². The van der Waals surface area contributed by atoms with E-state index in [1.54, 1.807) is 6.26 Å². The van der Waals surface area contributed by atoms with Gasteiger partial charge in [-0.3, -0.25) is 9.59 Å². The fourth-order valence-electron chi connectivity index (χ4n) is 3.15. The van der Waals surface area contributed by atoms with Crippen LogP contribution in [0, 0.1) is 10.8 Å². The van der Waals surface area contributed by atoms with Gasteiger partial charge < -0.3 is 5.32 Å². The highest BCUT2D eigenvalue weighted by Gasteiger charge is 2.80. The molecule has 1 unspecified atom stereocenters. The summed E-state index contributed by atoms with van der Waals surface area (Å²) in [7, 11) is 0. The van der Waals surface area contributed by atoms with Crippen molar-refractivity contribution in [3.8, 4) is 0 Å². The third-order valence-electron chi connectivity index (χ3n) is 4.27. The van der Waals surface area contributed by atoms with E-state index in [9.17, 15) is 9.59 Å². The molecule has 2 aliphatic rings. The SMILES string of the molecule is CSC(=O)C(C)(CC12CC1(C)C2)NC(C)=O. The molecular weight excluding hydrogens is 222 g/mol. The molecule has 0 radical (unpaired) electrons. The van der Waals surface area contributed by atoms with Gasteiger partial charge in [0.15, 0.2) is 0 Å². The van der Waals surface area contributed by atoms with E-state index in [0.717, 1.165) is 6.42 Å². The monoisotopic (exact) mass is 241 g/mol. The third kappa shape index (κ3) is 1.67. The maximum absolute atomic E-state index is 11.9. The molecule has 0 bridgehead atoms. The lowest BCUT2D eigenvalue weighted by Crippen LogP contribution is -2.51. The second-order valence-corrected chi connectivity index (χ2v) is 6.66. The molecule has 16 heavy (non-hydrogen) atoms. The highest BCUT2D eigenvalue weighted by Crippen LogP contribution is 2.88. The second kappa shape index (κ2) is 3.25. The fraction of sp³-hybridized carbons (Fsp3) is 0.833. The van der Waals surface area contributed by atoms with Gasteiger partial charge in [-0.2, -0.15) is 0 Å². The Balaban J connectivity index is 2.08. The van der Waals surface area contributed by atoms with Crippen molar-refractivity contribution in [3.05, 3.63) is 0 Å². The van der Waals surface area contributed by atoms with Crippen molar-refractivity contribution in [2.45, 2.75) is 45.6 Å². The molecule has 3 nitrogen and oxygen atoms in total. The molecule has 2 rings (SSSR count). The van der Waals surface area contributed by atoms with Gasteiger partial charge in [-0.25, -0.2) is 0 Å². The molecule has 1 amide bonds. The van der Waals surface area contributed by atoms with Gasteiger partial charge >= 0.3 is 0 Å². The highest BCUT2D eigenvalue weighted by molar-refractivity contribution is 8.13. The fourth-order valence-corrected chi connectivity index (χ4v) is 3.72. The highest BCUT2D eigenvalue weighted by atomic mass is 32.2. The molecular formula is C12H19NO2S. The van der Waals surface area contributed by atoms with Gasteiger partial charge in [-0.05, 0) is 43.3 Å². The number of fused-ring (bicyclic) bond motifs is 1. The predicted octanol–water partition coefficient (Wildman–Crippen LogP) is 1.96. The van der Waals surface area contributed by atoms with E-state index >= 15 is 0 Å². The molecule has 1 atom stereocenters. The number of nitrogens with one attached hydrogen (secondary N) is 1. The summed E-state index contributed by atoms with van der Waals surface area (Å²) >= 11 is 1.21. The Hall–Kier alpha value is -0.510. The summed E-state index contributed by atoms with van der Waals surface area (Å²) in [6.45, 7) is 5.60. The molecule has 1 N–H and O–H groups in total. The van der Waals surface area contributed by atoms with E-state index in [-0.39, 0.29) is 11.0 Å². The van der Waals surface area contributed by atoms with Crippen LogP contribution in [0.3, 0.4) is 0 Å². The van der Waals surface area contributed by atoms with E-state index in [2.05, 4.69) is 12.2 Å². The zero-order valence-electron chi connectivity index (χ0n) is 10.3. The van der Waals surface area contributed by atoms with Crippen LogP contribution in [0.2, 0.25) is 0 Å². The topological polar surface area (TPSA) is 46.2 Å². The summed E-state index contributed by atoms with van der Waals surface area (Å²) in [6.07, 6.45) is 5.02. The lowest BCUT2D eigenvalue weighted by Gasteiger charge is -2.29. The standard InChI is InChI=1S/C12H19NO2S/c1-8(14)13-11(3,9(15)16-4)7-12-5-10(12,2)6-12/h5-7H2,1-4H3,(H,13,14). The minimum Gasteiger partial charge on any atom is -0.343 e. The van der Waals surface area contributed by atoms with Gasteiger partial charge in [-0.15, -0.1) is 0 Å². The number of carbonyl (C=O) groups is 2. The first-order valence-corrected chi connectivity index (χ1v) is 6.87.